The molecule has 2 heterocycles. The Bertz CT molecular complexity index is 756. The van der Waals surface area contributed by atoms with Crippen LogP contribution in [-0.4, -0.2) is 50.8 Å². The smallest absolute Gasteiger partial charge is 0.191 e. The van der Waals surface area contributed by atoms with Crippen LogP contribution in [0.5, 0.6) is 0 Å². The first-order valence-corrected chi connectivity index (χ1v) is 9.54. The summed E-state index contributed by atoms with van der Waals surface area (Å²) < 4.78 is 11.4. The van der Waals surface area contributed by atoms with Crippen molar-refractivity contribution in [3.63, 3.8) is 0 Å². The number of halogens is 1. The van der Waals surface area contributed by atoms with Crippen molar-refractivity contribution >= 4 is 29.9 Å². The summed E-state index contributed by atoms with van der Waals surface area (Å²) in [7, 11) is 1.80. The Balaban J connectivity index is 0.00000280. The number of hydrogen-bond acceptors (Lipinski definition) is 4. The predicted octanol–water partition coefficient (Wildman–Crippen LogP) is 3.25. The van der Waals surface area contributed by atoms with Crippen molar-refractivity contribution in [1.29, 1.82) is 0 Å². The van der Waals surface area contributed by atoms with Crippen LogP contribution in [0.4, 0.5) is 0 Å². The highest BCUT2D eigenvalue weighted by molar-refractivity contribution is 14.0. The molecule has 1 aromatic heterocycles. The highest BCUT2D eigenvalue weighted by Crippen LogP contribution is 2.23. The lowest BCUT2D eigenvalue weighted by Gasteiger charge is -2.33. The predicted molar refractivity (Wildman–Crippen MR) is 123 cm³/mol. The SMILES string of the molecule is CN=C(NCc1cccc(C)c1)NCC(c1ccc(C)o1)N1CCOCC1.I. The van der Waals surface area contributed by atoms with E-state index in [9.17, 15) is 0 Å². The number of guanidine groups is 1. The topological polar surface area (TPSA) is 62.0 Å². The summed E-state index contributed by atoms with van der Waals surface area (Å²) in [6, 6.07) is 12.7. The minimum absolute atomic E-state index is 0. The number of aryl methyl sites for hydroxylation is 2. The van der Waals surface area contributed by atoms with Gasteiger partial charge in [-0.1, -0.05) is 29.8 Å². The van der Waals surface area contributed by atoms with Crippen molar-refractivity contribution < 1.29 is 9.15 Å². The molecule has 1 fully saturated rings. The largest absolute Gasteiger partial charge is 0.465 e. The fourth-order valence-corrected chi connectivity index (χ4v) is 3.35. The van der Waals surface area contributed by atoms with E-state index < -0.39 is 0 Å². The maximum atomic E-state index is 5.92. The third kappa shape index (κ3) is 6.49. The van der Waals surface area contributed by atoms with E-state index >= 15 is 0 Å². The molecule has 28 heavy (non-hydrogen) atoms. The number of furan rings is 1. The number of hydrogen-bond donors (Lipinski definition) is 2. The molecule has 2 aromatic rings. The van der Waals surface area contributed by atoms with Crippen molar-refractivity contribution in [2.24, 2.45) is 4.99 Å². The molecule has 3 rings (SSSR count). The first kappa shape index (κ1) is 22.7. The molecule has 0 saturated carbocycles. The Hall–Kier alpha value is -1.58. The van der Waals surface area contributed by atoms with Gasteiger partial charge >= 0.3 is 0 Å². The van der Waals surface area contributed by atoms with Gasteiger partial charge in [-0.2, -0.15) is 0 Å². The summed E-state index contributed by atoms with van der Waals surface area (Å²) in [5, 5.41) is 6.85. The molecule has 0 bridgehead atoms. The molecule has 1 aromatic carbocycles. The maximum Gasteiger partial charge on any atom is 0.191 e. The van der Waals surface area contributed by atoms with Crippen LogP contribution in [0.25, 0.3) is 0 Å². The van der Waals surface area contributed by atoms with E-state index in [-0.39, 0.29) is 30.0 Å². The van der Waals surface area contributed by atoms with Gasteiger partial charge in [0.25, 0.3) is 0 Å². The quantitative estimate of drug-likeness (QED) is 0.364. The number of benzene rings is 1. The highest BCUT2D eigenvalue weighted by Gasteiger charge is 2.25. The molecule has 1 aliphatic heterocycles. The second-order valence-corrected chi connectivity index (χ2v) is 6.91. The summed E-state index contributed by atoms with van der Waals surface area (Å²) in [5.41, 5.74) is 2.50. The van der Waals surface area contributed by atoms with E-state index in [4.69, 9.17) is 9.15 Å². The van der Waals surface area contributed by atoms with Crippen LogP contribution in [0, 0.1) is 13.8 Å². The molecule has 0 aliphatic carbocycles. The van der Waals surface area contributed by atoms with Crippen LogP contribution >= 0.6 is 24.0 Å². The number of aliphatic imine (C=N–C) groups is 1. The van der Waals surface area contributed by atoms with Gasteiger partial charge in [0.2, 0.25) is 0 Å². The molecule has 1 unspecified atom stereocenters. The van der Waals surface area contributed by atoms with E-state index in [0.717, 1.165) is 56.9 Å². The van der Waals surface area contributed by atoms with Gasteiger partial charge in [-0.25, -0.2) is 0 Å². The van der Waals surface area contributed by atoms with Gasteiger partial charge in [0.15, 0.2) is 5.96 Å². The fraction of sp³-hybridized carbons (Fsp3) is 0.476. The zero-order valence-electron chi connectivity index (χ0n) is 16.9. The molecule has 1 saturated heterocycles. The monoisotopic (exact) mass is 498 g/mol. The average molecular weight is 498 g/mol. The van der Waals surface area contributed by atoms with Crippen molar-refractivity contribution in [2.45, 2.75) is 26.4 Å². The van der Waals surface area contributed by atoms with Crippen molar-refractivity contribution in [3.8, 4) is 0 Å². The van der Waals surface area contributed by atoms with E-state index in [1.54, 1.807) is 7.05 Å². The lowest BCUT2D eigenvalue weighted by Crippen LogP contribution is -2.46. The summed E-state index contributed by atoms with van der Waals surface area (Å²) in [6.07, 6.45) is 0. The van der Waals surface area contributed by atoms with Crippen LogP contribution in [0.1, 0.15) is 28.7 Å². The lowest BCUT2D eigenvalue weighted by atomic mass is 10.1. The third-order valence-corrected chi connectivity index (χ3v) is 4.80. The molecule has 0 amide bonds. The fourth-order valence-electron chi connectivity index (χ4n) is 3.35. The van der Waals surface area contributed by atoms with E-state index in [1.165, 1.54) is 11.1 Å². The van der Waals surface area contributed by atoms with Gasteiger partial charge in [0.1, 0.15) is 11.5 Å². The zero-order valence-corrected chi connectivity index (χ0v) is 19.2. The van der Waals surface area contributed by atoms with Crippen molar-refractivity contribution in [1.82, 2.24) is 15.5 Å². The van der Waals surface area contributed by atoms with Crippen molar-refractivity contribution in [3.05, 3.63) is 59.0 Å². The molecular formula is C21H31IN4O2. The highest BCUT2D eigenvalue weighted by atomic mass is 127. The zero-order chi connectivity index (χ0) is 19.1. The summed E-state index contributed by atoms with van der Waals surface area (Å²) in [4.78, 5) is 6.77. The number of rotatable bonds is 6. The Morgan fingerprint density at radius 2 is 1.93 bits per heavy atom. The van der Waals surface area contributed by atoms with Gasteiger partial charge in [0, 0.05) is 33.2 Å². The van der Waals surface area contributed by atoms with Crippen LogP contribution in [0.3, 0.4) is 0 Å². The third-order valence-electron chi connectivity index (χ3n) is 4.80. The van der Waals surface area contributed by atoms with Crippen LogP contribution in [0.15, 0.2) is 45.8 Å². The summed E-state index contributed by atoms with van der Waals surface area (Å²) >= 11 is 0. The molecule has 6 nitrogen and oxygen atoms in total. The molecule has 154 valence electrons. The number of morpholine rings is 1. The van der Waals surface area contributed by atoms with Gasteiger partial charge in [-0.05, 0) is 31.5 Å². The second-order valence-electron chi connectivity index (χ2n) is 6.91. The molecule has 0 spiro atoms. The van der Waals surface area contributed by atoms with Crippen molar-refractivity contribution in [2.75, 3.05) is 39.9 Å². The number of ether oxygens (including phenoxy) is 1. The minimum Gasteiger partial charge on any atom is -0.465 e. The lowest BCUT2D eigenvalue weighted by molar-refractivity contribution is 0.0124. The van der Waals surface area contributed by atoms with Gasteiger partial charge in [-0.15, -0.1) is 24.0 Å². The second kappa shape index (κ2) is 11.4. The minimum atomic E-state index is 0. The Morgan fingerprint density at radius 1 is 1.14 bits per heavy atom. The molecule has 0 radical (unpaired) electrons. The summed E-state index contributed by atoms with van der Waals surface area (Å²) in [6.45, 7) is 8.88. The van der Waals surface area contributed by atoms with E-state index in [1.807, 2.05) is 13.0 Å². The summed E-state index contributed by atoms with van der Waals surface area (Å²) in [5.74, 6) is 2.71. The molecular weight excluding hydrogens is 467 g/mol. The Labute approximate surface area is 184 Å². The number of nitrogens with zero attached hydrogens (tertiary/aromatic N) is 2. The molecule has 7 heteroatoms. The average Bonchev–Trinajstić information content (AvgIpc) is 3.11. The Kier molecular flexibility index (Phi) is 9.27. The van der Waals surface area contributed by atoms with Gasteiger partial charge < -0.3 is 19.8 Å². The van der Waals surface area contributed by atoms with Crippen LogP contribution in [-0.2, 0) is 11.3 Å². The normalized spacial score (nSPS) is 16.3. The molecule has 1 atom stereocenters. The van der Waals surface area contributed by atoms with E-state index in [2.05, 4.69) is 57.8 Å². The molecule has 2 N–H and O–H groups in total. The standard InChI is InChI=1S/C21H30N4O2.HI/c1-16-5-4-6-18(13-16)14-23-21(22-3)24-15-19(20-8-7-17(2)27-20)25-9-11-26-12-10-25;/h4-8,13,19H,9-12,14-15H2,1-3H3,(H2,22,23,24);1H. The first-order valence-electron chi connectivity index (χ1n) is 9.54. The number of nitrogens with one attached hydrogen (secondary N) is 2. The van der Waals surface area contributed by atoms with Crippen LogP contribution in [0.2, 0.25) is 0 Å². The maximum absolute atomic E-state index is 5.92. The van der Waals surface area contributed by atoms with Crippen LogP contribution < -0.4 is 10.6 Å². The Morgan fingerprint density at radius 3 is 2.57 bits per heavy atom. The molecule has 1 aliphatic rings. The van der Waals surface area contributed by atoms with E-state index in [0.29, 0.717) is 0 Å². The van der Waals surface area contributed by atoms with Gasteiger partial charge in [0.05, 0.1) is 19.3 Å². The first-order chi connectivity index (χ1) is 13.2. The van der Waals surface area contributed by atoms with Gasteiger partial charge in [-0.3, -0.25) is 9.89 Å².